The molecule has 0 fully saturated rings. The topological polar surface area (TPSA) is 48.7 Å². The number of nitrogens with zero attached hydrogens (tertiary/aromatic N) is 2. The van der Waals surface area contributed by atoms with Gasteiger partial charge in [0.05, 0.1) is 29.3 Å². The Balaban J connectivity index is 2.34. The summed E-state index contributed by atoms with van der Waals surface area (Å²) in [7, 11) is 0. The lowest BCUT2D eigenvalue weighted by atomic mass is 10.2. The summed E-state index contributed by atoms with van der Waals surface area (Å²) in [6, 6.07) is 6.83. The minimum atomic E-state index is -0.496. The maximum Gasteiger partial charge on any atom is 0.143 e. The van der Waals surface area contributed by atoms with E-state index in [9.17, 15) is 8.78 Å². The Morgan fingerprint density at radius 1 is 1.12 bits per heavy atom. The van der Waals surface area contributed by atoms with Crippen molar-refractivity contribution < 1.29 is 8.78 Å². The molecule has 17 heavy (non-hydrogen) atoms. The van der Waals surface area contributed by atoms with Gasteiger partial charge in [-0.2, -0.15) is 5.26 Å². The molecule has 0 amide bonds. The molecular weight excluding hydrogens is 224 g/mol. The van der Waals surface area contributed by atoms with Crippen LogP contribution in [0.2, 0.25) is 0 Å². The van der Waals surface area contributed by atoms with Crippen molar-refractivity contribution in [1.82, 2.24) is 4.98 Å². The van der Waals surface area contributed by atoms with Gasteiger partial charge in [-0.3, -0.25) is 4.98 Å². The molecule has 0 unspecified atom stereocenters. The molecule has 2 aromatic rings. The predicted molar refractivity (Wildman–Crippen MR) is 58.6 cm³/mol. The van der Waals surface area contributed by atoms with E-state index < -0.39 is 11.6 Å². The van der Waals surface area contributed by atoms with Gasteiger partial charge >= 0.3 is 0 Å². The fourth-order valence-corrected chi connectivity index (χ4v) is 1.35. The second-order valence-corrected chi connectivity index (χ2v) is 3.32. The number of hydrogen-bond acceptors (Lipinski definition) is 3. The average Bonchev–Trinajstić information content (AvgIpc) is 2.31. The summed E-state index contributed by atoms with van der Waals surface area (Å²) in [4.78, 5) is 3.66. The first kappa shape index (κ1) is 11.0. The lowest BCUT2D eigenvalue weighted by Crippen LogP contribution is -1.95. The molecule has 1 aromatic carbocycles. The van der Waals surface area contributed by atoms with Crippen molar-refractivity contribution in [2.75, 3.05) is 5.32 Å². The number of benzene rings is 1. The molecule has 0 aliphatic heterocycles. The molecular formula is C12H7F2N3. The maximum atomic E-state index is 12.9. The fraction of sp³-hybridized carbons (Fsp3) is 0. The van der Waals surface area contributed by atoms with E-state index in [-0.39, 0.29) is 5.56 Å². The summed E-state index contributed by atoms with van der Waals surface area (Å²) < 4.78 is 25.8. The molecule has 2 rings (SSSR count). The Labute approximate surface area is 96.3 Å². The van der Waals surface area contributed by atoms with Crippen molar-refractivity contribution in [3.63, 3.8) is 0 Å². The van der Waals surface area contributed by atoms with E-state index in [0.29, 0.717) is 11.4 Å². The Bertz CT molecular complexity index is 591. The highest BCUT2D eigenvalue weighted by atomic mass is 19.1. The summed E-state index contributed by atoms with van der Waals surface area (Å²) in [6.07, 6.45) is 2.48. The lowest BCUT2D eigenvalue weighted by Gasteiger charge is -2.07. The summed E-state index contributed by atoms with van der Waals surface area (Å²) in [5.74, 6) is -0.986. The Morgan fingerprint density at radius 3 is 2.65 bits per heavy atom. The second kappa shape index (κ2) is 4.58. The van der Waals surface area contributed by atoms with Crippen LogP contribution in [-0.4, -0.2) is 4.98 Å². The number of halogens is 2. The minimum Gasteiger partial charge on any atom is -0.353 e. The van der Waals surface area contributed by atoms with Gasteiger partial charge in [-0.05, 0) is 18.2 Å². The molecule has 0 atom stereocenters. The van der Waals surface area contributed by atoms with Gasteiger partial charge in [0.1, 0.15) is 17.7 Å². The molecule has 0 spiro atoms. The third kappa shape index (κ3) is 2.55. The first-order valence-corrected chi connectivity index (χ1v) is 4.76. The Morgan fingerprint density at radius 2 is 1.94 bits per heavy atom. The van der Waals surface area contributed by atoms with Crippen molar-refractivity contribution in [1.29, 1.82) is 5.26 Å². The number of anilines is 2. The first-order valence-electron chi connectivity index (χ1n) is 4.76. The molecule has 1 aromatic heterocycles. The number of nitrogens with one attached hydrogen (secondary N) is 1. The Hall–Kier alpha value is -2.48. The van der Waals surface area contributed by atoms with Crippen LogP contribution in [0.1, 0.15) is 5.56 Å². The fourth-order valence-electron chi connectivity index (χ4n) is 1.35. The van der Waals surface area contributed by atoms with Crippen molar-refractivity contribution in [2.24, 2.45) is 0 Å². The van der Waals surface area contributed by atoms with Crippen molar-refractivity contribution in [3.05, 3.63) is 53.9 Å². The van der Waals surface area contributed by atoms with Crippen molar-refractivity contribution in [3.8, 4) is 6.07 Å². The molecule has 3 nitrogen and oxygen atoms in total. The monoisotopic (exact) mass is 231 g/mol. The Kier molecular flexibility index (Phi) is 2.97. The van der Waals surface area contributed by atoms with E-state index in [4.69, 9.17) is 5.26 Å². The van der Waals surface area contributed by atoms with E-state index in [0.717, 1.165) is 12.3 Å². The third-order valence-electron chi connectivity index (χ3n) is 2.09. The van der Waals surface area contributed by atoms with Gasteiger partial charge in [0.25, 0.3) is 0 Å². The molecule has 0 bridgehead atoms. The van der Waals surface area contributed by atoms with Crippen LogP contribution in [0.4, 0.5) is 20.2 Å². The van der Waals surface area contributed by atoms with Gasteiger partial charge in [-0.1, -0.05) is 0 Å². The average molecular weight is 231 g/mol. The van der Waals surface area contributed by atoms with E-state index in [2.05, 4.69) is 10.3 Å². The molecule has 1 heterocycles. The largest absolute Gasteiger partial charge is 0.353 e. The van der Waals surface area contributed by atoms with E-state index in [1.54, 1.807) is 0 Å². The zero-order valence-electron chi connectivity index (χ0n) is 8.61. The van der Waals surface area contributed by atoms with Crippen LogP contribution >= 0.6 is 0 Å². The number of hydrogen-bond donors (Lipinski definition) is 1. The maximum absolute atomic E-state index is 12.9. The van der Waals surface area contributed by atoms with Gasteiger partial charge in [-0.15, -0.1) is 0 Å². The number of pyridine rings is 1. The van der Waals surface area contributed by atoms with Crippen molar-refractivity contribution >= 4 is 11.4 Å². The summed E-state index contributed by atoms with van der Waals surface area (Å²) >= 11 is 0. The van der Waals surface area contributed by atoms with Crippen LogP contribution in [0.25, 0.3) is 0 Å². The van der Waals surface area contributed by atoms with E-state index in [1.165, 1.54) is 24.4 Å². The number of rotatable bonds is 2. The van der Waals surface area contributed by atoms with E-state index in [1.807, 2.05) is 6.07 Å². The third-order valence-corrected chi connectivity index (χ3v) is 2.09. The quantitative estimate of drug-likeness (QED) is 0.864. The molecule has 5 heteroatoms. The van der Waals surface area contributed by atoms with Gasteiger partial charge < -0.3 is 5.32 Å². The predicted octanol–water partition coefficient (Wildman–Crippen LogP) is 2.98. The highest BCUT2D eigenvalue weighted by Gasteiger charge is 2.04. The standard InChI is InChI=1S/C12H7F2N3/c13-9-1-2-12(8(3-9)5-15)17-11-4-10(14)6-16-7-11/h1-4,6-7,17H. The van der Waals surface area contributed by atoms with Gasteiger partial charge in [-0.25, -0.2) is 8.78 Å². The zero-order chi connectivity index (χ0) is 12.3. The summed E-state index contributed by atoms with van der Waals surface area (Å²) in [5, 5.41) is 11.6. The lowest BCUT2D eigenvalue weighted by molar-refractivity contribution is 0.622. The molecule has 84 valence electrons. The van der Waals surface area contributed by atoms with Gasteiger partial charge in [0.15, 0.2) is 0 Å². The molecule has 0 aliphatic rings. The molecule has 0 radical (unpaired) electrons. The molecule has 0 aliphatic carbocycles. The normalized spacial score (nSPS) is 9.71. The highest BCUT2D eigenvalue weighted by Crippen LogP contribution is 2.21. The van der Waals surface area contributed by atoms with Crippen LogP contribution < -0.4 is 5.32 Å². The molecule has 0 saturated carbocycles. The smallest absolute Gasteiger partial charge is 0.143 e. The summed E-state index contributed by atoms with van der Waals surface area (Å²) in [5.41, 5.74) is 0.948. The highest BCUT2D eigenvalue weighted by molar-refractivity contribution is 5.65. The van der Waals surface area contributed by atoms with Gasteiger partial charge in [0.2, 0.25) is 0 Å². The van der Waals surface area contributed by atoms with Crippen LogP contribution in [0.3, 0.4) is 0 Å². The van der Waals surface area contributed by atoms with Crippen LogP contribution in [0.15, 0.2) is 36.7 Å². The summed E-state index contributed by atoms with van der Waals surface area (Å²) in [6.45, 7) is 0. The minimum absolute atomic E-state index is 0.147. The zero-order valence-corrected chi connectivity index (χ0v) is 8.61. The molecule has 0 saturated heterocycles. The van der Waals surface area contributed by atoms with E-state index >= 15 is 0 Å². The van der Waals surface area contributed by atoms with Gasteiger partial charge in [0, 0.05) is 6.07 Å². The molecule has 1 N–H and O–H groups in total. The number of nitriles is 1. The second-order valence-electron chi connectivity index (χ2n) is 3.32. The van der Waals surface area contributed by atoms with Crippen LogP contribution in [0.5, 0.6) is 0 Å². The first-order chi connectivity index (χ1) is 8.19. The SMILES string of the molecule is N#Cc1cc(F)ccc1Nc1cncc(F)c1. The number of aromatic nitrogens is 1. The van der Waals surface area contributed by atoms with Crippen LogP contribution in [-0.2, 0) is 0 Å². The van der Waals surface area contributed by atoms with Crippen molar-refractivity contribution in [2.45, 2.75) is 0 Å². The van der Waals surface area contributed by atoms with Crippen LogP contribution in [0, 0.1) is 23.0 Å².